The van der Waals surface area contributed by atoms with E-state index in [4.69, 9.17) is 0 Å². The van der Waals surface area contributed by atoms with Gasteiger partial charge >= 0.3 is 0 Å². The number of nitrogens with zero attached hydrogens (tertiary/aromatic N) is 1. The van der Waals surface area contributed by atoms with Crippen LogP contribution in [0.25, 0.3) is 0 Å². The van der Waals surface area contributed by atoms with Gasteiger partial charge in [0.25, 0.3) is 0 Å². The highest BCUT2D eigenvalue weighted by Crippen LogP contribution is 2.37. The van der Waals surface area contributed by atoms with Crippen LogP contribution in [0.2, 0.25) is 0 Å². The zero-order chi connectivity index (χ0) is 19.2. The molecule has 2 N–H and O–H groups in total. The van der Waals surface area contributed by atoms with Gasteiger partial charge in [-0.05, 0) is 35.6 Å². The van der Waals surface area contributed by atoms with Crippen molar-refractivity contribution in [1.82, 2.24) is 5.32 Å². The molecule has 2 aromatic rings. The smallest absolute Gasteiger partial charge is 0.234 e. The van der Waals surface area contributed by atoms with Crippen LogP contribution in [-0.2, 0) is 16.0 Å². The summed E-state index contributed by atoms with van der Waals surface area (Å²) in [5, 5.41) is 17.6. The fourth-order valence-electron chi connectivity index (χ4n) is 2.82. The summed E-state index contributed by atoms with van der Waals surface area (Å²) in [5.74, 6) is -0.434. The molecule has 0 bridgehead atoms. The van der Waals surface area contributed by atoms with Gasteiger partial charge in [0.1, 0.15) is 0 Å². The van der Waals surface area contributed by atoms with Gasteiger partial charge < -0.3 is 10.6 Å². The second-order valence-corrected chi connectivity index (χ2v) is 8.03. The number of thiophene rings is 1. The van der Waals surface area contributed by atoms with E-state index in [9.17, 15) is 14.9 Å². The second-order valence-electron chi connectivity index (χ2n) is 6.06. The molecule has 1 atom stereocenters. The van der Waals surface area contributed by atoms with Gasteiger partial charge in [0.05, 0.1) is 22.4 Å². The van der Waals surface area contributed by atoms with E-state index in [1.165, 1.54) is 28.7 Å². The van der Waals surface area contributed by atoms with E-state index in [0.29, 0.717) is 10.6 Å². The number of nitriles is 1. The van der Waals surface area contributed by atoms with Crippen molar-refractivity contribution in [2.45, 2.75) is 25.7 Å². The van der Waals surface area contributed by atoms with E-state index < -0.39 is 0 Å². The number of carbonyl (C=O) groups excluding carboxylic acids is 2. The normalized spacial score (nSPS) is 16.6. The minimum absolute atomic E-state index is 0.119. The molecule has 7 heteroatoms. The summed E-state index contributed by atoms with van der Waals surface area (Å²) in [7, 11) is 0. The summed E-state index contributed by atoms with van der Waals surface area (Å²) in [6.07, 6.45) is 1.20. The van der Waals surface area contributed by atoms with Crippen molar-refractivity contribution < 1.29 is 9.59 Å². The molecule has 2 amide bonds. The SMILES string of the molecule is CCc1ccc(NC(=O)CSC2=C(C#N)[C@@H](c3cccs3)CC(=O)N2)cc1. The van der Waals surface area contributed by atoms with E-state index in [0.717, 1.165) is 17.0 Å². The topological polar surface area (TPSA) is 82.0 Å². The van der Waals surface area contributed by atoms with Crippen LogP contribution in [0.4, 0.5) is 5.69 Å². The van der Waals surface area contributed by atoms with Gasteiger partial charge in [-0.1, -0.05) is 36.9 Å². The Morgan fingerprint density at radius 2 is 2.15 bits per heavy atom. The van der Waals surface area contributed by atoms with Crippen LogP contribution in [-0.4, -0.2) is 17.6 Å². The van der Waals surface area contributed by atoms with Crippen LogP contribution in [0.5, 0.6) is 0 Å². The molecule has 0 saturated heterocycles. The van der Waals surface area contributed by atoms with Crippen LogP contribution >= 0.6 is 23.1 Å². The molecule has 1 aliphatic rings. The number of nitrogens with one attached hydrogen (secondary N) is 2. The number of amides is 2. The Balaban J connectivity index is 1.68. The fourth-order valence-corrected chi connectivity index (χ4v) is 4.54. The van der Waals surface area contributed by atoms with Crippen LogP contribution in [0.3, 0.4) is 0 Å². The van der Waals surface area contributed by atoms with E-state index in [2.05, 4.69) is 23.6 Å². The fraction of sp³-hybridized carbons (Fsp3) is 0.250. The molecule has 2 heterocycles. The number of aryl methyl sites for hydroxylation is 1. The Hall–Kier alpha value is -2.56. The van der Waals surface area contributed by atoms with Gasteiger partial charge in [-0.25, -0.2) is 0 Å². The third kappa shape index (κ3) is 4.79. The molecule has 1 aliphatic heterocycles. The summed E-state index contributed by atoms with van der Waals surface area (Å²) >= 11 is 2.72. The molecule has 0 fully saturated rings. The number of benzene rings is 1. The van der Waals surface area contributed by atoms with Gasteiger partial charge in [-0.3, -0.25) is 9.59 Å². The molecule has 27 heavy (non-hydrogen) atoms. The third-order valence-corrected chi connectivity index (χ3v) is 6.24. The van der Waals surface area contributed by atoms with Crippen LogP contribution in [0.15, 0.2) is 52.4 Å². The molecular weight excluding hydrogens is 378 g/mol. The first-order valence-corrected chi connectivity index (χ1v) is 10.5. The summed E-state index contributed by atoms with van der Waals surface area (Å²) in [4.78, 5) is 25.3. The molecule has 0 saturated carbocycles. The Morgan fingerprint density at radius 1 is 1.37 bits per heavy atom. The standard InChI is InChI=1S/C20H19N3O2S2/c1-2-13-5-7-14(8-6-13)22-19(25)12-27-20-16(11-21)15(10-18(24)23-20)17-4-3-9-26-17/h3-9,15H,2,10,12H2,1H3,(H,22,25)(H,23,24)/t15-/m0/s1. The summed E-state index contributed by atoms with van der Waals surface area (Å²) in [6.45, 7) is 2.08. The average molecular weight is 398 g/mol. The molecule has 0 radical (unpaired) electrons. The maximum Gasteiger partial charge on any atom is 0.234 e. The van der Waals surface area contributed by atoms with Crippen molar-refractivity contribution in [2.75, 3.05) is 11.1 Å². The lowest BCUT2D eigenvalue weighted by molar-refractivity contribution is -0.121. The lowest BCUT2D eigenvalue weighted by Crippen LogP contribution is -2.31. The number of hydrogen-bond donors (Lipinski definition) is 2. The van der Waals surface area contributed by atoms with Gasteiger partial charge in [0, 0.05) is 22.9 Å². The molecule has 5 nitrogen and oxygen atoms in total. The van der Waals surface area contributed by atoms with Crippen molar-refractivity contribution in [3.63, 3.8) is 0 Å². The number of carbonyl (C=O) groups is 2. The number of allylic oxidation sites excluding steroid dienone is 1. The highest BCUT2D eigenvalue weighted by Gasteiger charge is 2.30. The zero-order valence-corrected chi connectivity index (χ0v) is 16.5. The number of hydrogen-bond acceptors (Lipinski definition) is 5. The van der Waals surface area contributed by atoms with Crippen LogP contribution in [0, 0.1) is 11.3 Å². The van der Waals surface area contributed by atoms with Crippen molar-refractivity contribution in [3.05, 3.63) is 62.8 Å². The van der Waals surface area contributed by atoms with Gasteiger partial charge in [0.15, 0.2) is 0 Å². The van der Waals surface area contributed by atoms with Crippen molar-refractivity contribution in [1.29, 1.82) is 5.26 Å². The first kappa shape index (κ1) is 19.2. The van der Waals surface area contributed by atoms with Gasteiger partial charge in [-0.15, -0.1) is 11.3 Å². The van der Waals surface area contributed by atoms with Crippen molar-refractivity contribution in [3.8, 4) is 6.07 Å². The first-order valence-electron chi connectivity index (χ1n) is 8.59. The van der Waals surface area contributed by atoms with Crippen molar-refractivity contribution in [2.24, 2.45) is 0 Å². The lowest BCUT2D eigenvalue weighted by atomic mass is 9.93. The Labute approximate surface area is 166 Å². The van der Waals surface area contributed by atoms with Crippen LogP contribution in [0.1, 0.15) is 29.7 Å². The molecule has 1 aromatic heterocycles. The summed E-state index contributed by atoms with van der Waals surface area (Å²) < 4.78 is 0. The molecule has 1 aromatic carbocycles. The third-order valence-electron chi connectivity index (χ3n) is 4.24. The monoisotopic (exact) mass is 397 g/mol. The number of anilines is 1. The van der Waals surface area contributed by atoms with E-state index in [1.54, 1.807) is 0 Å². The number of rotatable bonds is 6. The van der Waals surface area contributed by atoms with E-state index >= 15 is 0 Å². The second kappa shape index (κ2) is 8.89. The summed E-state index contributed by atoms with van der Waals surface area (Å²) in [5.41, 5.74) is 2.45. The molecular formula is C20H19N3O2S2. The Kier molecular flexibility index (Phi) is 6.32. The maximum absolute atomic E-state index is 12.2. The molecule has 0 unspecified atom stereocenters. The highest BCUT2D eigenvalue weighted by molar-refractivity contribution is 8.03. The van der Waals surface area contributed by atoms with Gasteiger partial charge in [0.2, 0.25) is 11.8 Å². The van der Waals surface area contributed by atoms with E-state index in [1.807, 2.05) is 41.8 Å². The lowest BCUT2D eigenvalue weighted by Gasteiger charge is -2.23. The predicted molar refractivity (Wildman–Crippen MR) is 109 cm³/mol. The predicted octanol–water partition coefficient (Wildman–Crippen LogP) is 4.02. The number of thioether (sulfide) groups is 1. The Bertz CT molecular complexity index is 896. The van der Waals surface area contributed by atoms with Crippen molar-refractivity contribution >= 4 is 40.6 Å². The zero-order valence-electron chi connectivity index (χ0n) is 14.8. The highest BCUT2D eigenvalue weighted by atomic mass is 32.2. The largest absolute Gasteiger partial charge is 0.325 e. The Morgan fingerprint density at radius 3 is 2.78 bits per heavy atom. The molecule has 0 spiro atoms. The molecule has 138 valence electrons. The van der Waals surface area contributed by atoms with Gasteiger partial charge in [-0.2, -0.15) is 5.26 Å². The average Bonchev–Trinajstić information content (AvgIpc) is 3.21. The quantitative estimate of drug-likeness (QED) is 0.771. The minimum Gasteiger partial charge on any atom is -0.325 e. The van der Waals surface area contributed by atoms with E-state index in [-0.39, 0.29) is 29.9 Å². The van der Waals surface area contributed by atoms with Crippen LogP contribution < -0.4 is 10.6 Å². The summed E-state index contributed by atoms with van der Waals surface area (Å²) in [6, 6.07) is 13.8. The minimum atomic E-state index is -0.240. The molecule has 3 rings (SSSR count). The maximum atomic E-state index is 12.2. The molecule has 0 aliphatic carbocycles. The first-order chi connectivity index (χ1) is 13.1.